The Morgan fingerprint density at radius 3 is 2.60 bits per heavy atom. The van der Waals surface area contributed by atoms with Crippen LogP contribution in [0.15, 0.2) is 29.2 Å². The summed E-state index contributed by atoms with van der Waals surface area (Å²) in [6.45, 7) is 1.52. The summed E-state index contributed by atoms with van der Waals surface area (Å²) in [6.07, 6.45) is 3.43. The SMILES string of the molecule is O=C(O)C1(Sc2cccc(Cl)c2)CC2(CCOCC2)C1. The van der Waals surface area contributed by atoms with Crippen LogP contribution in [0.2, 0.25) is 5.02 Å². The van der Waals surface area contributed by atoms with Crippen LogP contribution in [0.4, 0.5) is 0 Å². The molecule has 2 fully saturated rings. The van der Waals surface area contributed by atoms with Crippen molar-refractivity contribution in [2.45, 2.75) is 35.3 Å². The van der Waals surface area contributed by atoms with Gasteiger partial charge in [0, 0.05) is 23.1 Å². The molecule has 3 nitrogen and oxygen atoms in total. The number of hydrogen-bond donors (Lipinski definition) is 1. The molecule has 0 aromatic heterocycles. The van der Waals surface area contributed by atoms with Crippen molar-refractivity contribution in [2.24, 2.45) is 5.41 Å². The standard InChI is InChI=1S/C15H17ClO3S/c16-11-2-1-3-12(8-11)20-15(13(17)18)9-14(10-15)4-6-19-7-5-14/h1-3,8H,4-7,9-10H2,(H,17,18). The van der Waals surface area contributed by atoms with Gasteiger partial charge in [-0.25, -0.2) is 0 Å². The lowest BCUT2D eigenvalue weighted by molar-refractivity contribution is -0.150. The molecule has 1 saturated heterocycles. The topological polar surface area (TPSA) is 46.5 Å². The molecule has 1 aliphatic heterocycles. The highest BCUT2D eigenvalue weighted by atomic mass is 35.5. The number of carbonyl (C=O) groups is 1. The number of carboxylic acid groups (broad SMARTS) is 1. The molecule has 5 heteroatoms. The summed E-state index contributed by atoms with van der Waals surface area (Å²) in [5, 5.41) is 10.3. The van der Waals surface area contributed by atoms with Crippen molar-refractivity contribution in [3.8, 4) is 0 Å². The second-order valence-corrected chi connectivity index (χ2v) is 7.72. The minimum atomic E-state index is -0.709. The molecule has 1 heterocycles. The summed E-state index contributed by atoms with van der Waals surface area (Å²) in [5.41, 5.74) is 0.183. The largest absolute Gasteiger partial charge is 0.480 e. The number of thioether (sulfide) groups is 1. The molecule has 1 saturated carbocycles. The zero-order valence-electron chi connectivity index (χ0n) is 11.1. The third-order valence-corrected chi connectivity index (χ3v) is 5.95. The molecule has 1 spiro atoms. The molecular formula is C15H17ClO3S. The highest BCUT2D eigenvalue weighted by Gasteiger charge is 2.59. The molecule has 0 bridgehead atoms. The fourth-order valence-electron chi connectivity index (χ4n) is 3.34. The van der Waals surface area contributed by atoms with Gasteiger partial charge in [0.25, 0.3) is 0 Å². The fourth-order valence-corrected chi connectivity index (χ4v) is 5.22. The lowest BCUT2D eigenvalue weighted by Gasteiger charge is -2.55. The Morgan fingerprint density at radius 1 is 1.30 bits per heavy atom. The van der Waals surface area contributed by atoms with Gasteiger partial charge in [0.15, 0.2) is 0 Å². The van der Waals surface area contributed by atoms with E-state index >= 15 is 0 Å². The van der Waals surface area contributed by atoms with Gasteiger partial charge < -0.3 is 9.84 Å². The second-order valence-electron chi connectivity index (χ2n) is 5.82. The second kappa shape index (κ2) is 5.24. The van der Waals surface area contributed by atoms with Gasteiger partial charge in [0.05, 0.1) is 0 Å². The Hall–Kier alpha value is -0.710. The normalized spacial score (nSPS) is 23.2. The average molecular weight is 313 g/mol. The molecule has 20 heavy (non-hydrogen) atoms. The van der Waals surface area contributed by atoms with Gasteiger partial charge in [-0.15, -0.1) is 11.8 Å². The van der Waals surface area contributed by atoms with E-state index in [1.807, 2.05) is 18.2 Å². The number of halogens is 1. The summed E-state index contributed by atoms with van der Waals surface area (Å²) in [5.74, 6) is -0.709. The highest BCUT2D eigenvalue weighted by Crippen LogP contribution is 2.61. The summed E-state index contributed by atoms with van der Waals surface area (Å²) in [4.78, 5) is 12.7. The van der Waals surface area contributed by atoms with Crippen LogP contribution in [0.25, 0.3) is 0 Å². The molecule has 1 aromatic carbocycles. The monoisotopic (exact) mass is 312 g/mol. The maximum Gasteiger partial charge on any atom is 0.320 e. The van der Waals surface area contributed by atoms with Crippen molar-refractivity contribution >= 4 is 29.3 Å². The first kappa shape index (κ1) is 14.2. The van der Waals surface area contributed by atoms with E-state index in [4.69, 9.17) is 16.3 Å². The first-order valence-electron chi connectivity index (χ1n) is 6.79. The van der Waals surface area contributed by atoms with E-state index in [0.717, 1.165) is 43.8 Å². The summed E-state index contributed by atoms with van der Waals surface area (Å²) in [7, 11) is 0. The highest BCUT2D eigenvalue weighted by molar-refractivity contribution is 8.01. The van der Waals surface area contributed by atoms with Crippen molar-refractivity contribution < 1.29 is 14.6 Å². The van der Waals surface area contributed by atoms with Gasteiger partial charge in [-0.2, -0.15) is 0 Å². The minimum absolute atomic E-state index is 0.183. The van der Waals surface area contributed by atoms with Gasteiger partial charge in [0.1, 0.15) is 4.75 Å². The first-order chi connectivity index (χ1) is 9.54. The third-order valence-electron chi connectivity index (χ3n) is 4.37. The predicted octanol–water partition coefficient (Wildman–Crippen LogP) is 3.85. The van der Waals surface area contributed by atoms with Crippen molar-refractivity contribution in [1.29, 1.82) is 0 Å². The molecule has 2 aliphatic rings. The lowest BCUT2D eigenvalue weighted by Crippen LogP contribution is -2.56. The smallest absolute Gasteiger partial charge is 0.320 e. The molecule has 0 amide bonds. The molecule has 1 aromatic rings. The van der Waals surface area contributed by atoms with Gasteiger partial charge in [-0.3, -0.25) is 4.79 Å². The van der Waals surface area contributed by atoms with Crippen LogP contribution < -0.4 is 0 Å². The van der Waals surface area contributed by atoms with E-state index in [9.17, 15) is 9.90 Å². The minimum Gasteiger partial charge on any atom is -0.480 e. The van der Waals surface area contributed by atoms with Crippen LogP contribution in [0.3, 0.4) is 0 Å². The predicted molar refractivity (Wildman–Crippen MR) is 79.4 cm³/mol. The van der Waals surface area contributed by atoms with Crippen LogP contribution in [-0.2, 0) is 9.53 Å². The van der Waals surface area contributed by atoms with Gasteiger partial charge >= 0.3 is 5.97 Å². The quantitative estimate of drug-likeness (QED) is 0.921. The lowest BCUT2D eigenvalue weighted by atomic mass is 9.57. The van der Waals surface area contributed by atoms with E-state index in [2.05, 4.69) is 0 Å². The summed E-state index contributed by atoms with van der Waals surface area (Å²) >= 11 is 7.42. The summed E-state index contributed by atoms with van der Waals surface area (Å²) in [6, 6.07) is 7.44. The van der Waals surface area contributed by atoms with Crippen molar-refractivity contribution in [3.63, 3.8) is 0 Å². The summed E-state index contributed by atoms with van der Waals surface area (Å²) < 4.78 is 4.70. The van der Waals surface area contributed by atoms with E-state index in [1.54, 1.807) is 6.07 Å². The Kier molecular flexibility index (Phi) is 3.73. The Morgan fingerprint density at radius 2 is 2.00 bits per heavy atom. The van der Waals surface area contributed by atoms with Gasteiger partial charge in [0.2, 0.25) is 0 Å². The number of carboxylic acids is 1. The number of ether oxygens (including phenoxy) is 1. The van der Waals surface area contributed by atoms with Crippen LogP contribution >= 0.6 is 23.4 Å². The number of aliphatic carboxylic acids is 1. The van der Waals surface area contributed by atoms with Crippen LogP contribution in [-0.4, -0.2) is 29.0 Å². The molecule has 0 radical (unpaired) electrons. The van der Waals surface area contributed by atoms with Gasteiger partial charge in [-0.1, -0.05) is 17.7 Å². The van der Waals surface area contributed by atoms with E-state index < -0.39 is 10.7 Å². The van der Waals surface area contributed by atoms with Crippen molar-refractivity contribution in [2.75, 3.05) is 13.2 Å². The first-order valence-corrected chi connectivity index (χ1v) is 7.99. The maximum absolute atomic E-state index is 11.7. The number of hydrogen-bond acceptors (Lipinski definition) is 3. The van der Waals surface area contributed by atoms with Gasteiger partial charge in [-0.05, 0) is 49.3 Å². The third kappa shape index (κ3) is 2.57. The van der Waals surface area contributed by atoms with Crippen molar-refractivity contribution in [1.82, 2.24) is 0 Å². The molecule has 1 aliphatic carbocycles. The Balaban J connectivity index is 1.76. The maximum atomic E-state index is 11.7. The van der Waals surface area contributed by atoms with Crippen LogP contribution in [0.5, 0.6) is 0 Å². The zero-order chi connectivity index (χ0) is 14.2. The number of benzene rings is 1. The van der Waals surface area contributed by atoms with E-state index in [1.165, 1.54) is 11.8 Å². The Labute approximate surface area is 127 Å². The van der Waals surface area contributed by atoms with E-state index in [-0.39, 0.29) is 5.41 Å². The molecule has 0 atom stereocenters. The molecule has 108 valence electrons. The molecule has 3 rings (SSSR count). The van der Waals surface area contributed by atoms with E-state index in [0.29, 0.717) is 5.02 Å². The van der Waals surface area contributed by atoms with Crippen LogP contribution in [0.1, 0.15) is 25.7 Å². The molecule has 1 N–H and O–H groups in total. The fraction of sp³-hybridized carbons (Fsp3) is 0.533. The average Bonchev–Trinajstić information content (AvgIpc) is 2.37. The number of rotatable bonds is 3. The molecular weight excluding hydrogens is 296 g/mol. The van der Waals surface area contributed by atoms with Crippen molar-refractivity contribution in [3.05, 3.63) is 29.3 Å². The Bertz CT molecular complexity index is 518. The molecule has 0 unspecified atom stereocenters. The van der Waals surface area contributed by atoms with Crippen LogP contribution in [0, 0.1) is 5.41 Å². The zero-order valence-corrected chi connectivity index (χ0v) is 12.7.